The van der Waals surface area contributed by atoms with Gasteiger partial charge in [-0.15, -0.1) is 0 Å². The van der Waals surface area contributed by atoms with Crippen molar-refractivity contribution in [2.75, 3.05) is 4.90 Å². The fourth-order valence-corrected chi connectivity index (χ4v) is 11.2. The number of fused-ring (bicyclic) bond motifs is 9. The van der Waals surface area contributed by atoms with Crippen LogP contribution in [-0.2, 0) is 10.8 Å². The molecule has 0 atom stereocenters. The van der Waals surface area contributed by atoms with Crippen LogP contribution in [-0.4, -0.2) is 0 Å². The van der Waals surface area contributed by atoms with Crippen LogP contribution < -0.4 is 4.90 Å². The minimum atomic E-state index is -0.131. The molecule has 0 fully saturated rings. The molecule has 0 unspecified atom stereocenters. The molecular formula is C62H47N. The Hall–Kier alpha value is -7.48. The van der Waals surface area contributed by atoms with Gasteiger partial charge in [0.25, 0.3) is 0 Å². The van der Waals surface area contributed by atoms with E-state index < -0.39 is 0 Å². The number of para-hydroxylation sites is 1. The van der Waals surface area contributed by atoms with Crippen molar-refractivity contribution in [1.29, 1.82) is 0 Å². The highest BCUT2D eigenvalue weighted by Crippen LogP contribution is 2.55. The summed E-state index contributed by atoms with van der Waals surface area (Å²) < 4.78 is 0. The first kappa shape index (κ1) is 37.3. The lowest BCUT2D eigenvalue weighted by Gasteiger charge is -2.30. The van der Waals surface area contributed by atoms with Crippen molar-refractivity contribution in [3.05, 3.63) is 235 Å². The van der Waals surface area contributed by atoms with E-state index in [-0.39, 0.29) is 10.8 Å². The maximum Gasteiger partial charge on any atom is 0.0540 e. The monoisotopic (exact) mass is 805 g/mol. The smallest absolute Gasteiger partial charge is 0.0540 e. The Kier molecular flexibility index (Phi) is 8.30. The molecule has 10 aromatic carbocycles. The van der Waals surface area contributed by atoms with E-state index in [2.05, 4.69) is 245 Å². The van der Waals surface area contributed by atoms with Crippen LogP contribution in [0.2, 0.25) is 0 Å². The zero-order valence-electron chi connectivity index (χ0n) is 36.2. The highest BCUT2D eigenvalue weighted by molar-refractivity contribution is 6.08. The van der Waals surface area contributed by atoms with Gasteiger partial charge in [0.05, 0.1) is 5.69 Å². The highest BCUT2D eigenvalue weighted by Gasteiger charge is 2.38. The molecule has 0 saturated heterocycles. The standard InChI is InChI=1S/C62H47N/c1-61(2)56-27-11-8-22-54(56)59-52(24-15-28-57(59)61)51-21-9-12-29-58(51)63(45-35-32-40(33-36-45)42-34-37-48-44(38-42)31-30-41-16-5-6-19-47(41)48)46-18-13-17-43(39-46)49-23-14-25-53-50-20-7-10-26-55(50)62(3,4)60(49)53/h5-39H,1-4H3. The van der Waals surface area contributed by atoms with Gasteiger partial charge in [0.15, 0.2) is 0 Å². The number of anilines is 3. The minimum Gasteiger partial charge on any atom is -0.310 e. The summed E-state index contributed by atoms with van der Waals surface area (Å²) in [6, 6.07) is 79.1. The summed E-state index contributed by atoms with van der Waals surface area (Å²) in [5.74, 6) is 0. The maximum absolute atomic E-state index is 2.48. The second-order valence-electron chi connectivity index (χ2n) is 18.5. The molecule has 0 N–H and O–H groups in total. The lowest BCUT2D eigenvalue weighted by Crippen LogP contribution is -2.16. The van der Waals surface area contributed by atoms with E-state index >= 15 is 0 Å². The van der Waals surface area contributed by atoms with Crippen LogP contribution in [0.25, 0.3) is 77.2 Å². The van der Waals surface area contributed by atoms with Gasteiger partial charge in [-0.25, -0.2) is 0 Å². The average Bonchev–Trinajstić information content (AvgIpc) is 3.72. The summed E-state index contributed by atoms with van der Waals surface area (Å²) in [6.07, 6.45) is 0. The van der Waals surface area contributed by atoms with Crippen molar-refractivity contribution in [3.8, 4) is 55.6 Å². The summed E-state index contributed by atoms with van der Waals surface area (Å²) in [5, 5.41) is 5.09. The largest absolute Gasteiger partial charge is 0.310 e. The third kappa shape index (κ3) is 5.69. The predicted molar refractivity (Wildman–Crippen MR) is 268 cm³/mol. The molecule has 12 rings (SSSR count). The van der Waals surface area contributed by atoms with Crippen LogP contribution in [0.4, 0.5) is 17.1 Å². The van der Waals surface area contributed by atoms with E-state index in [1.54, 1.807) is 0 Å². The molecule has 2 aliphatic carbocycles. The summed E-state index contributed by atoms with van der Waals surface area (Å²) in [7, 11) is 0. The molecule has 0 aliphatic heterocycles. The molecule has 1 heteroatoms. The van der Waals surface area contributed by atoms with Gasteiger partial charge in [0.1, 0.15) is 0 Å². The predicted octanol–water partition coefficient (Wildman–Crippen LogP) is 17.1. The van der Waals surface area contributed by atoms with Gasteiger partial charge in [-0.05, 0) is 130 Å². The molecule has 1 nitrogen and oxygen atoms in total. The first-order chi connectivity index (χ1) is 30.8. The molecular weight excluding hydrogens is 759 g/mol. The van der Waals surface area contributed by atoms with Crippen molar-refractivity contribution < 1.29 is 0 Å². The molecule has 0 amide bonds. The topological polar surface area (TPSA) is 3.24 Å². The Morgan fingerprint density at radius 1 is 0.317 bits per heavy atom. The number of hydrogen-bond donors (Lipinski definition) is 0. The van der Waals surface area contributed by atoms with Gasteiger partial charge in [-0.3, -0.25) is 0 Å². The second-order valence-corrected chi connectivity index (χ2v) is 18.5. The van der Waals surface area contributed by atoms with E-state index in [0.29, 0.717) is 0 Å². The van der Waals surface area contributed by atoms with Crippen molar-refractivity contribution in [1.82, 2.24) is 0 Å². The quantitative estimate of drug-likeness (QED) is 0.151. The molecule has 0 saturated carbocycles. The van der Waals surface area contributed by atoms with E-state index in [0.717, 1.165) is 17.1 Å². The number of rotatable bonds is 6. The van der Waals surface area contributed by atoms with Gasteiger partial charge >= 0.3 is 0 Å². The first-order valence-corrected chi connectivity index (χ1v) is 22.3. The molecule has 0 aromatic heterocycles. The van der Waals surface area contributed by atoms with Gasteiger partial charge in [-0.1, -0.05) is 204 Å². The summed E-state index contributed by atoms with van der Waals surface area (Å²) in [5.41, 5.74) is 21.4. The fraction of sp³-hybridized carbons (Fsp3) is 0.0968. The normalized spacial score (nSPS) is 14.0. The number of nitrogens with zero attached hydrogens (tertiary/aromatic N) is 1. The van der Waals surface area contributed by atoms with E-state index in [4.69, 9.17) is 0 Å². The van der Waals surface area contributed by atoms with Crippen LogP contribution in [0.3, 0.4) is 0 Å². The SMILES string of the molecule is CC1(C)c2ccccc2-c2c(-c3ccccc3N(c3ccc(-c4ccc5c(ccc6ccccc65)c4)cc3)c3cccc(-c4cccc5c4C(C)(C)c4ccccc4-5)c3)cccc21. The minimum absolute atomic E-state index is 0.0973. The first-order valence-electron chi connectivity index (χ1n) is 22.3. The maximum atomic E-state index is 2.48. The Labute approximate surface area is 370 Å². The summed E-state index contributed by atoms with van der Waals surface area (Å²) in [4.78, 5) is 2.48. The van der Waals surface area contributed by atoms with Crippen molar-refractivity contribution in [2.45, 2.75) is 38.5 Å². The zero-order chi connectivity index (χ0) is 42.5. The summed E-state index contributed by atoms with van der Waals surface area (Å²) in [6.45, 7) is 9.49. The number of hydrogen-bond acceptors (Lipinski definition) is 1. The van der Waals surface area contributed by atoms with E-state index in [1.807, 2.05) is 0 Å². The van der Waals surface area contributed by atoms with Gasteiger partial charge in [-0.2, -0.15) is 0 Å². The third-order valence-electron chi connectivity index (χ3n) is 14.2. The van der Waals surface area contributed by atoms with Crippen molar-refractivity contribution in [3.63, 3.8) is 0 Å². The van der Waals surface area contributed by atoms with Gasteiger partial charge in [0.2, 0.25) is 0 Å². The number of benzene rings is 10. The Bertz CT molecular complexity index is 3460. The van der Waals surface area contributed by atoms with Gasteiger partial charge < -0.3 is 4.90 Å². The molecule has 10 aromatic rings. The second kappa shape index (κ2) is 14.0. The third-order valence-corrected chi connectivity index (χ3v) is 14.2. The van der Waals surface area contributed by atoms with Crippen LogP contribution in [0, 0.1) is 0 Å². The van der Waals surface area contributed by atoms with E-state index in [9.17, 15) is 0 Å². The molecule has 0 radical (unpaired) electrons. The molecule has 300 valence electrons. The lowest BCUT2D eigenvalue weighted by molar-refractivity contribution is 0.660. The van der Waals surface area contributed by atoms with Crippen molar-refractivity contribution >= 4 is 38.6 Å². The average molecular weight is 806 g/mol. The van der Waals surface area contributed by atoms with E-state index in [1.165, 1.54) is 99.4 Å². The Morgan fingerprint density at radius 3 is 1.75 bits per heavy atom. The van der Waals surface area contributed by atoms with Gasteiger partial charge in [0, 0.05) is 27.8 Å². The van der Waals surface area contributed by atoms with Crippen LogP contribution in [0.1, 0.15) is 49.9 Å². The highest BCUT2D eigenvalue weighted by atomic mass is 15.1. The van der Waals surface area contributed by atoms with Crippen LogP contribution in [0.5, 0.6) is 0 Å². The van der Waals surface area contributed by atoms with Crippen LogP contribution in [0.15, 0.2) is 212 Å². The summed E-state index contributed by atoms with van der Waals surface area (Å²) >= 11 is 0. The van der Waals surface area contributed by atoms with Crippen molar-refractivity contribution in [2.24, 2.45) is 0 Å². The van der Waals surface area contributed by atoms with Crippen LogP contribution >= 0.6 is 0 Å². The zero-order valence-corrected chi connectivity index (χ0v) is 36.2. The molecule has 0 bridgehead atoms. The molecule has 2 aliphatic rings. The Morgan fingerprint density at radius 2 is 0.905 bits per heavy atom. The Balaban J connectivity index is 1.03. The fourth-order valence-electron chi connectivity index (χ4n) is 11.2. The molecule has 63 heavy (non-hydrogen) atoms. The molecule has 0 spiro atoms. The molecule has 0 heterocycles. The lowest BCUT2D eigenvalue weighted by atomic mass is 9.79.